The second-order valence-electron chi connectivity index (χ2n) is 6.01. The molecule has 20 heavy (non-hydrogen) atoms. The van der Waals surface area contributed by atoms with Crippen molar-refractivity contribution in [1.82, 2.24) is 14.5 Å². The quantitative estimate of drug-likeness (QED) is 0.831. The standard InChI is InChI=1S/C16H21N3S/c1-2-5-13(4-1)19-15(12-7-10-20-11-8-12)18-14-6-3-9-17-16(14)19/h3,6,9,12-13H,1-2,4-5,7-8,10-11H2. The Balaban J connectivity index is 1.82. The van der Waals surface area contributed by atoms with Gasteiger partial charge in [0.25, 0.3) is 0 Å². The predicted octanol–water partition coefficient (Wildman–Crippen LogP) is 4.16. The Morgan fingerprint density at radius 2 is 1.90 bits per heavy atom. The summed E-state index contributed by atoms with van der Waals surface area (Å²) < 4.78 is 2.50. The molecule has 0 bridgehead atoms. The van der Waals surface area contributed by atoms with Crippen molar-refractivity contribution in [2.24, 2.45) is 0 Å². The highest BCUT2D eigenvalue weighted by Crippen LogP contribution is 2.38. The highest BCUT2D eigenvalue weighted by molar-refractivity contribution is 7.99. The number of hydrogen-bond acceptors (Lipinski definition) is 3. The van der Waals surface area contributed by atoms with Crippen LogP contribution in [0.25, 0.3) is 11.2 Å². The third kappa shape index (κ3) is 2.14. The SMILES string of the molecule is c1cnc2c(c1)nc(C1CCSCC1)n2C1CCCC1. The van der Waals surface area contributed by atoms with Gasteiger partial charge in [0.2, 0.25) is 0 Å². The molecule has 2 aromatic heterocycles. The van der Waals surface area contributed by atoms with Gasteiger partial charge in [-0.3, -0.25) is 0 Å². The van der Waals surface area contributed by atoms with Crippen LogP contribution in [0.4, 0.5) is 0 Å². The van der Waals surface area contributed by atoms with E-state index >= 15 is 0 Å². The molecule has 0 atom stereocenters. The topological polar surface area (TPSA) is 30.7 Å². The van der Waals surface area contributed by atoms with E-state index < -0.39 is 0 Å². The first-order valence-electron chi connectivity index (χ1n) is 7.84. The first-order chi connectivity index (χ1) is 9.93. The van der Waals surface area contributed by atoms with E-state index in [-0.39, 0.29) is 0 Å². The molecule has 1 aliphatic carbocycles. The van der Waals surface area contributed by atoms with Crippen LogP contribution in [0.15, 0.2) is 18.3 Å². The van der Waals surface area contributed by atoms with Crippen molar-refractivity contribution in [1.29, 1.82) is 0 Å². The van der Waals surface area contributed by atoms with Crippen LogP contribution in [0.2, 0.25) is 0 Å². The second kappa shape index (κ2) is 5.40. The summed E-state index contributed by atoms with van der Waals surface area (Å²) in [6, 6.07) is 4.77. The molecule has 0 unspecified atom stereocenters. The summed E-state index contributed by atoms with van der Waals surface area (Å²) in [6.07, 6.45) is 9.79. The Labute approximate surface area is 124 Å². The molecular weight excluding hydrogens is 266 g/mol. The molecule has 2 aliphatic rings. The maximum atomic E-state index is 4.97. The Kier molecular flexibility index (Phi) is 3.42. The van der Waals surface area contributed by atoms with Gasteiger partial charge in [0.1, 0.15) is 11.3 Å². The third-order valence-corrected chi connectivity index (χ3v) is 5.80. The minimum Gasteiger partial charge on any atom is -0.309 e. The molecule has 0 aromatic carbocycles. The van der Waals surface area contributed by atoms with Gasteiger partial charge in [-0.1, -0.05) is 12.8 Å². The average molecular weight is 287 g/mol. The Bertz CT molecular complexity index is 595. The lowest BCUT2D eigenvalue weighted by atomic mass is 10.0. The van der Waals surface area contributed by atoms with E-state index in [1.807, 2.05) is 12.3 Å². The lowest BCUT2D eigenvalue weighted by molar-refractivity contribution is 0.471. The number of pyridine rings is 1. The van der Waals surface area contributed by atoms with Crippen LogP contribution < -0.4 is 0 Å². The van der Waals surface area contributed by atoms with Gasteiger partial charge in [0, 0.05) is 18.2 Å². The second-order valence-corrected chi connectivity index (χ2v) is 7.24. The van der Waals surface area contributed by atoms with Gasteiger partial charge < -0.3 is 4.57 Å². The van der Waals surface area contributed by atoms with E-state index in [2.05, 4.69) is 27.4 Å². The molecule has 1 aliphatic heterocycles. The van der Waals surface area contributed by atoms with E-state index in [1.165, 1.54) is 55.9 Å². The molecule has 4 rings (SSSR count). The van der Waals surface area contributed by atoms with Crippen LogP contribution in [0.3, 0.4) is 0 Å². The zero-order chi connectivity index (χ0) is 13.4. The lowest BCUT2D eigenvalue weighted by Crippen LogP contribution is -2.17. The summed E-state index contributed by atoms with van der Waals surface area (Å²) in [6.45, 7) is 0. The van der Waals surface area contributed by atoms with Crippen LogP contribution in [-0.4, -0.2) is 26.0 Å². The summed E-state index contributed by atoms with van der Waals surface area (Å²) in [5.41, 5.74) is 2.21. The monoisotopic (exact) mass is 287 g/mol. The zero-order valence-corrected chi connectivity index (χ0v) is 12.6. The number of rotatable bonds is 2. The van der Waals surface area contributed by atoms with Crippen molar-refractivity contribution < 1.29 is 0 Å². The normalized spacial score (nSPS) is 21.8. The smallest absolute Gasteiger partial charge is 0.160 e. The van der Waals surface area contributed by atoms with Gasteiger partial charge >= 0.3 is 0 Å². The van der Waals surface area contributed by atoms with Crippen molar-refractivity contribution in [2.75, 3.05) is 11.5 Å². The van der Waals surface area contributed by atoms with E-state index in [0.29, 0.717) is 12.0 Å². The van der Waals surface area contributed by atoms with Gasteiger partial charge in [0.05, 0.1) is 0 Å². The minimum absolute atomic E-state index is 0.638. The minimum atomic E-state index is 0.638. The molecule has 0 amide bonds. The maximum Gasteiger partial charge on any atom is 0.160 e. The molecule has 106 valence electrons. The van der Waals surface area contributed by atoms with Gasteiger partial charge in [-0.05, 0) is 49.3 Å². The highest BCUT2D eigenvalue weighted by atomic mass is 32.2. The van der Waals surface area contributed by atoms with E-state index in [9.17, 15) is 0 Å². The number of nitrogens with zero attached hydrogens (tertiary/aromatic N) is 3. The predicted molar refractivity (Wildman–Crippen MR) is 84.3 cm³/mol. The first-order valence-corrected chi connectivity index (χ1v) is 8.99. The molecule has 2 aromatic rings. The number of imidazole rings is 1. The van der Waals surface area contributed by atoms with Crippen molar-refractivity contribution in [3.8, 4) is 0 Å². The Hall–Kier alpha value is -1.03. The maximum absolute atomic E-state index is 4.97. The first kappa shape index (κ1) is 12.7. The summed E-state index contributed by atoms with van der Waals surface area (Å²) in [5.74, 6) is 4.54. The van der Waals surface area contributed by atoms with E-state index in [0.717, 1.165) is 11.2 Å². The van der Waals surface area contributed by atoms with E-state index in [4.69, 9.17) is 4.98 Å². The molecule has 0 spiro atoms. The number of fused-ring (bicyclic) bond motifs is 1. The van der Waals surface area contributed by atoms with Gasteiger partial charge in [-0.2, -0.15) is 11.8 Å². The van der Waals surface area contributed by atoms with Crippen LogP contribution >= 0.6 is 11.8 Å². The van der Waals surface area contributed by atoms with Gasteiger partial charge in [-0.15, -0.1) is 0 Å². The average Bonchev–Trinajstić information content (AvgIpc) is 3.14. The molecule has 1 saturated carbocycles. The summed E-state index contributed by atoms with van der Waals surface area (Å²) in [4.78, 5) is 9.61. The summed E-state index contributed by atoms with van der Waals surface area (Å²) >= 11 is 2.09. The summed E-state index contributed by atoms with van der Waals surface area (Å²) in [7, 11) is 0. The van der Waals surface area contributed by atoms with Gasteiger partial charge in [-0.25, -0.2) is 9.97 Å². The molecular formula is C16H21N3S. The fraction of sp³-hybridized carbons (Fsp3) is 0.625. The number of thioether (sulfide) groups is 1. The van der Waals surface area contributed by atoms with Crippen molar-refractivity contribution in [2.45, 2.75) is 50.5 Å². The lowest BCUT2D eigenvalue weighted by Gasteiger charge is -2.24. The molecule has 4 heteroatoms. The van der Waals surface area contributed by atoms with Crippen molar-refractivity contribution in [3.05, 3.63) is 24.2 Å². The largest absolute Gasteiger partial charge is 0.309 e. The Morgan fingerprint density at radius 3 is 2.70 bits per heavy atom. The molecule has 1 saturated heterocycles. The molecule has 0 N–H and O–H groups in total. The highest BCUT2D eigenvalue weighted by Gasteiger charge is 2.28. The van der Waals surface area contributed by atoms with Crippen molar-refractivity contribution >= 4 is 22.9 Å². The fourth-order valence-electron chi connectivity index (χ4n) is 3.71. The number of hydrogen-bond donors (Lipinski definition) is 0. The third-order valence-electron chi connectivity index (χ3n) is 4.75. The van der Waals surface area contributed by atoms with Crippen LogP contribution in [0.5, 0.6) is 0 Å². The fourth-order valence-corrected chi connectivity index (χ4v) is 4.82. The molecule has 3 heterocycles. The number of aromatic nitrogens is 3. The van der Waals surface area contributed by atoms with Gasteiger partial charge in [0.15, 0.2) is 5.65 Å². The molecule has 3 nitrogen and oxygen atoms in total. The zero-order valence-electron chi connectivity index (χ0n) is 11.8. The van der Waals surface area contributed by atoms with E-state index in [1.54, 1.807) is 0 Å². The molecule has 0 radical (unpaired) electrons. The van der Waals surface area contributed by atoms with Crippen LogP contribution in [0, 0.1) is 0 Å². The summed E-state index contributed by atoms with van der Waals surface area (Å²) in [5, 5.41) is 0. The van der Waals surface area contributed by atoms with Crippen molar-refractivity contribution in [3.63, 3.8) is 0 Å². The molecule has 2 fully saturated rings. The van der Waals surface area contributed by atoms with Crippen LogP contribution in [0.1, 0.15) is 56.3 Å². The van der Waals surface area contributed by atoms with Crippen LogP contribution in [-0.2, 0) is 0 Å². The Morgan fingerprint density at radius 1 is 1.10 bits per heavy atom.